The van der Waals surface area contributed by atoms with Crippen LogP contribution in [0.4, 0.5) is 0 Å². The minimum Gasteiger partial charge on any atom is -0.351 e. The summed E-state index contributed by atoms with van der Waals surface area (Å²) in [6.45, 7) is 2.52. The molecular weight excluding hydrogens is 256 g/mol. The lowest BCUT2D eigenvalue weighted by Crippen LogP contribution is -2.23. The van der Waals surface area contributed by atoms with Crippen molar-refractivity contribution in [1.29, 1.82) is 0 Å². The molecule has 0 aliphatic rings. The number of halogens is 1. The first-order valence-electron chi connectivity index (χ1n) is 4.78. The Morgan fingerprint density at radius 1 is 1.47 bits per heavy atom. The molecule has 0 bridgehead atoms. The van der Waals surface area contributed by atoms with Crippen LogP contribution in [0.5, 0.6) is 0 Å². The van der Waals surface area contributed by atoms with Crippen molar-refractivity contribution in [3.63, 3.8) is 0 Å². The predicted octanol–water partition coefficient (Wildman–Crippen LogP) is 2.68. The summed E-state index contributed by atoms with van der Waals surface area (Å²) >= 11 is 3.43. The summed E-state index contributed by atoms with van der Waals surface area (Å²) in [5, 5.41) is 3.79. The number of aromatic nitrogens is 1. The van der Waals surface area contributed by atoms with Crippen LogP contribution in [0.25, 0.3) is 10.9 Å². The lowest BCUT2D eigenvalue weighted by atomic mass is 10.2. The minimum absolute atomic E-state index is 0.0828. The van der Waals surface area contributed by atoms with E-state index in [1.807, 2.05) is 31.2 Å². The number of benzene rings is 1. The number of amides is 1. The van der Waals surface area contributed by atoms with E-state index >= 15 is 0 Å². The smallest absolute Gasteiger partial charge is 0.268 e. The second-order valence-electron chi connectivity index (χ2n) is 3.22. The zero-order chi connectivity index (χ0) is 10.8. The van der Waals surface area contributed by atoms with Crippen LogP contribution in [0, 0.1) is 0 Å². The third kappa shape index (κ3) is 1.77. The van der Waals surface area contributed by atoms with Gasteiger partial charge in [-0.15, -0.1) is 0 Å². The Kier molecular flexibility index (Phi) is 2.77. The summed E-state index contributed by atoms with van der Waals surface area (Å²) in [6.07, 6.45) is 0. The van der Waals surface area contributed by atoms with Gasteiger partial charge in [-0.1, -0.05) is 18.2 Å². The molecule has 1 aromatic carbocycles. The molecular formula is C11H11BrN2O. The molecule has 1 heterocycles. The Morgan fingerprint density at radius 3 is 2.87 bits per heavy atom. The Bertz CT molecular complexity index is 504. The fourth-order valence-corrected chi connectivity index (χ4v) is 2.14. The predicted molar refractivity (Wildman–Crippen MR) is 64.0 cm³/mol. The van der Waals surface area contributed by atoms with Crippen molar-refractivity contribution in [2.24, 2.45) is 0 Å². The Morgan fingerprint density at radius 2 is 2.20 bits per heavy atom. The van der Waals surface area contributed by atoms with E-state index in [0.29, 0.717) is 12.2 Å². The summed E-state index contributed by atoms with van der Waals surface area (Å²) in [4.78, 5) is 14.8. The number of rotatable bonds is 2. The first-order chi connectivity index (χ1) is 7.24. The number of hydrogen-bond donors (Lipinski definition) is 2. The fourth-order valence-electron chi connectivity index (χ4n) is 1.51. The molecule has 4 heteroatoms. The Hall–Kier alpha value is -1.29. The van der Waals surface area contributed by atoms with Gasteiger partial charge in [-0.05, 0) is 28.9 Å². The van der Waals surface area contributed by atoms with Gasteiger partial charge in [0.25, 0.3) is 5.91 Å². The zero-order valence-corrected chi connectivity index (χ0v) is 9.89. The van der Waals surface area contributed by atoms with E-state index in [1.165, 1.54) is 0 Å². The Balaban J connectivity index is 2.53. The maximum absolute atomic E-state index is 11.7. The van der Waals surface area contributed by atoms with E-state index in [-0.39, 0.29) is 5.91 Å². The van der Waals surface area contributed by atoms with Gasteiger partial charge in [-0.25, -0.2) is 0 Å². The van der Waals surface area contributed by atoms with Crippen molar-refractivity contribution in [3.05, 3.63) is 34.4 Å². The van der Waals surface area contributed by atoms with Gasteiger partial charge >= 0.3 is 0 Å². The molecule has 0 aliphatic carbocycles. The van der Waals surface area contributed by atoms with Crippen LogP contribution in [-0.2, 0) is 0 Å². The highest BCUT2D eigenvalue weighted by molar-refractivity contribution is 9.10. The number of nitrogens with one attached hydrogen (secondary N) is 2. The molecule has 1 amide bonds. The highest BCUT2D eigenvalue weighted by Crippen LogP contribution is 2.27. The third-order valence-corrected chi connectivity index (χ3v) is 3.03. The summed E-state index contributed by atoms with van der Waals surface area (Å²) in [5.74, 6) is -0.0828. The molecule has 2 rings (SSSR count). The van der Waals surface area contributed by atoms with Gasteiger partial charge in [0.15, 0.2) is 0 Å². The molecule has 0 atom stereocenters. The molecule has 78 valence electrons. The lowest BCUT2D eigenvalue weighted by molar-refractivity contribution is 0.0951. The number of carbonyl (C=O) groups is 1. The minimum atomic E-state index is -0.0828. The Labute approximate surface area is 96.0 Å². The summed E-state index contributed by atoms with van der Waals surface area (Å²) in [7, 11) is 0. The number of para-hydroxylation sites is 1. The largest absolute Gasteiger partial charge is 0.351 e. The fraction of sp³-hybridized carbons (Fsp3) is 0.182. The molecule has 0 saturated heterocycles. The van der Waals surface area contributed by atoms with E-state index in [2.05, 4.69) is 26.2 Å². The molecule has 15 heavy (non-hydrogen) atoms. The van der Waals surface area contributed by atoms with Crippen molar-refractivity contribution in [2.45, 2.75) is 6.92 Å². The molecule has 2 aromatic rings. The van der Waals surface area contributed by atoms with E-state index in [0.717, 1.165) is 15.4 Å². The van der Waals surface area contributed by atoms with Crippen LogP contribution in [0.2, 0.25) is 0 Å². The number of H-pyrrole nitrogens is 1. The molecule has 1 aromatic heterocycles. The average Bonchev–Trinajstić information content (AvgIpc) is 2.57. The lowest BCUT2D eigenvalue weighted by Gasteiger charge is -1.99. The van der Waals surface area contributed by atoms with E-state index in [9.17, 15) is 4.79 Å². The van der Waals surface area contributed by atoms with Crippen LogP contribution >= 0.6 is 15.9 Å². The van der Waals surface area contributed by atoms with Crippen LogP contribution in [0.3, 0.4) is 0 Å². The van der Waals surface area contributed by atoms with Crippen molar-refractivity contribution in [1.82, 2.24) is 10.3 Å². The maximum Gasteiger partial charge on any atom is 0.268 e. The monoisotopic (exact) mass is 266 g/mol. The third-order valence-electron chi connectivity index (χ3n) is 2.21. The van der Waals surface area contributed by atoms with Crippen molar-refractivity contribution in [3.8, 4) is 0 Å². The molecule has 0 unspecified atom stereocenters. The molecule has 2 N–H and O–H groups in total. The summed E-state index contributed by atoms with van der Waals surface area (Å²) in [6, 6.07) is 7.80. The van der Waals surface area contributed by atoms with E-state index < -0.39 is 0 Å². The highest BCUT2D eigenvalue weighted by Gasteiger charge is 2.14. The molecule has 0 radical (unpaired) electrons. The van der Waals surface area contributed by atoms with Gasteiger partial charge in [-0.3, -0.25) is 4.79 Å². The van der Waals surface area contributed by atoms with Gasteiger partial charge in [-0.2, -0.15) is 0 Å². The van der Waals surface area contributed by atoms with Crippen LogP contribution in [0.1, 0.15) is 17.4 Å². The van der Waals surface area contributed by atoms with Crippen molar-refractivity contribution >= 4 is 32.7 Å². The maximum atomic E-state index is 11.7. The SMILES string of the molecule is CCNC(=O)c1[nH]c2ccccc2c1Br. The van der Waals surface area contributed by atoms with Gasteiger partial charge in [0, 0.05) is 17.4 Å². The number of carbonyl (C=O) groups excluding carboxylic acids is 1. The molecule has 0 aliphatic heterocycles. The van der Waals surface area contributed by atoms with Crippen LogP contribution < -0.4 is 5.32 Å². The molecule has 0 spiro atoms. The molecule has 0 saturated carbocycles. The normalized spacial score (nSPS) is 10.5. The quantitative estimate of drug-likeness (QED) is 0.863. The van der Waals surface area contributed by atoms with E-state index in [1.54, 1.807) is 0 Å². The molecule has 0 fully saturated rings. The first-order valence-corrected chi connectivity index (χ1v) is 5.57. The second-order valence-corrected chi connectivity index (χ2v) is 4.01. The number of fused-ring (bicyclic) bond motifs is 1. The van der Waals surface area contributed by atoms with Crippen LogP contribution in [0.15, 0.2) is 28.7 Å². The average molecular weight is 267 g/mol. The number of hydrogen-bond acceptors (Lipinski definition) is 1. The summed E-state index contributed by atoms with van der Waals surface area (Å²) < 4.78 is 0.823. The van der Waals surface area contributed by atoms with E-state index in [4.69, 9.17) is 0 Å². The summed E-state index contributed by atoms with van der Waals surface area (Å²) in [5.41, 5.74) is 1.55. The van der Waals surface area contributed by atoms with Gasteiger partial charge in [0.1, 0.15) is 5.69 Å². The standard InChI is InChI=1S/C11H11BrN2O/c1-2-13-11(15)10-9(12)7-5-3-4-6-8(7)14-10/h3-6,14H,2H2,1H3,(H,13,15). The topological polar surface area (TPSA) is 44.9 Å². The van der Waals surface area contributed by atoms with Gasteiger partial charge in [0.05, 0.1) is 4.47 Å². The van der Waals surface area contributed by atoms with Crippen molar-refractivity contribution < 1.29 is 4.79 Å². The highest BCUT2D eigenvalue weighted by atomic mass is 79.9. The molecule has 3 nitrogen and oxygen atoms in total. The number of aromatic amines is 1. The first kappa shape index (κ1) is 10.2. The van der Waals surface area contributed by atoms with Gasteiger partial charge < -0.3 is 10.3 Å². The second kappa shape index (κ2) is 4.06. The van der Waals surface area contributed by atoms with Crippen LogP contribution in [-0.4, -0.2) is 17.4 Å². The van der Waals surface area contributed by atoms with Crippen molar-refractivity contribution in [2.75, 3.05) is 6.54 Å². The van der Waals surface area contributed by atoms with Gasteiger partial charge in [0.2, 0.25) is 0 Å². The zero-order valence-electron chi connectivity index (χ0n) is 8.30.